The Hall–Kier alpha value is -0.393. The van der Waals surface area contributed by atoms with Gasteiger partial charge >= 0.3 is 8.56 Å². The number of rotatable bonds is 11. The molecule has 0 saturated heterocycles. The predicted octanol–water partition coefficient (Wildman–Crippen LogP) is 3.60. The minimum Gasteiger partial charge on any atom is -0.296 e. The van der Waals surface area contributed by atoms with Gasteiger partial charge in [-0.05, 0) is 50.0 Å². The molecule has 5 heteroatoms. The summed E-state index contributed by atoms with van der Waals surface area (Å²) in [5.74, 6) is 0.580. The second kappa shape index (κ2) is 10.6. The van der Waals surface area contributed by atoms with Gasteiger partial charge in [-0.3, -0.25) is 13.7 Å². The SMILES string of the molecule is CCN(CC)[Si](c1ccc(CCl)cc1)(N(CC)CC)N(CC)CC. The standard InChI is InChI=1S/C19H36ClN3Si/c1-7-21(8-2)24(22(9-3)10-4,23(11-5)12-6)19-15-13-18(17-20)14-16-19/h13-16H,7-12,17H2,1-6H3. The number of hydrogen-bond donors (Lipinski definition) is 0. The summed E-state index contributed by atoms with van der Waals surface area (Å²) in [7, 11) is -2.14. The van der Waals surface area contributed by atoms with Gasteiger partial charge in [0.1, 0.15) is 0 Å². The van der Waals surface area contributed by atoms with E-state index in [2.05, 4.69) is 79.5 Å². The van der Waals surface area contributed by atoms with Crippen molar-refractivity contribution in [2.45, 2.75) is 47.4 Å². The first kappa shape index (κ1) is 21.6. The zero-order valence-electron chi connectivity index (χ0n) is 16.5. The van der Waals surface area contributed by atoms with Gasteiger partial charge in [-0.2, -0.15) is 0 Å². The van der Waals surface area contributed by atoms with Crippen molar-refractivity contribution in [1.29, 1.82) is 0 Å². The molecule has 0 atom stereocenters. The Balaban J connectivity index is 3.64. The summed E-state index contributed by atoms with van der Waals surface area (Å²) in [6, 6.07) is 9.08. The lowest BCUT2D eigenvalue weighted by atomic mass is 10.2. The summed E-state index contributed by atoms with van der Waals surface area (Å²) in [5.41, 5.74) is 1.20. The van der Waals surface area contributed by atoms with Gasteiger partial charge in [0.2, 0.25) is 0 Å². The maximum Gasteiger partial charge on any atom is 0.323 e. The van der Waals surface area contributed by atoms with E-state index in [-0.39, 0.29) is 0 Å². The van der Waals surface area contributed by atoms with Crippen LogP contribution in [0.5, 0.6) is 0 Å². The normalized spacial score (nSPS) is 12.6. The van der Waals surface area contributed by atoms with Crippen LogP contribution in [0, 0.1) is 0 Å². The zero-order valence-corrected chi connectivity index (χ0v) is 18.2. The largest absolute Gasteiger partial charge is 0.323 e. The van der Waals surface area contributed by atoms with Crippen LogP contribution >= 0.6 is 11.6 Å². The van der Waals surface area contributed by atoms with E-state index in [9.17, 15) is 0 Å². The van der Waals surface area contributed by atoms with Crippen molar-refractivity contribution in [3.8, 4) is 0 Å². The average Bonchev–Trinajstić information content (AvgIpc) is 2.64. The third-order valence-electron chi connectivity index (χ3n) is 5.11. The van der Waals surface area contributed by atoms with E-state index < -0.39 is 8.56 Å². The first-order chi connectivity index (χ1) is 11.6. The molecular formula is C19H36ClN3Si. The average molecular weight is 370 g/mol. The molecule has 0 unspecified atom stereocenters. The summed E-state index contributed by atoms with van der Waals surface area (Å²) >= 11 is 6.02. The molecule has 1 rings (SSSR count). The quantitative estimate of drug-likeness (QED) is 0.436. The maximum atomic E-state index is 6.02. The van der Waals surface area contributed by atoms with Gasteiger partial charge in [0.25, 0.3) is 0 Å². The number of alkyl halides is 1. The van der Waals surface area contributed by atoms with Crippen LogP contribution in [0.25, 0.3) is 0 Å². The summed E-state index contributed by atoms with van der Waals surface area (Å²) in [6.45, 7) is 20.2. The minimum absolute atomic E-state index is 0.580. The van der Waals surface area contributed by atoms with E-state index in [4.69, 9.17) is 11.6 Å². The molecule has 1 aromatic rings. The Morgan fingerprint density at radius 2 is 1.00 bits per heavy atom. The molecule has 0 heterocycles. The van der Waals surface area contributed by atoms with E-state index >= 15 is 0 Å². The third kappa shape index (κ3) is 4.05. The van der Waals surface area contributed by atoms with Gasteiger partial charge in [-0.15, -0.1) is 11.6 Å². The molecule has 0 aromatic heterocycles. The third-order valence-corrected chi connectivity index (χ3v) is 11.1. The molecule has 0 spiro atoms. The molecule has 0 radical (unpaired) electrons. The van der Waals surface area contributed by atoms with Crippen LogP contribution in [-0.4, -0.2) is 61.5 Å². The summed E-state index contributed by atoms with van der Waals surface area (Å²) in [4.78, 5) is 0. The molecule has 0 saturated carbocycles. The second-order valence-corrected chi connectivity index (χ2v) is 10.00. The smallest absolute Gasteiger partial charge is 0.296 e. The van der Waals surface area contributed by atoms with Crippen LogP contribution in [0.3, 0.4) is 0 Å². The maximum absolute atomic E-state index is 6.02. The first-order valence-electron chi connectivity index (χ1n) is 9.50. The molecule has 0 aliphatic heterocycles. The van der Waals surface area contributed by atoms with Crippen molar-refractivity contribution in [2.24, 2.45) is 0 Å². The van der Waals surface area contributed by atoms with E-state index in [1.54, 1.807) is 0 Å². The van der Waals surface area contributed by atoms with Crippen molar-refractivity contribution >= 4 is 25.3 Å². The molecule has 0 N–H and O–H groups in total. The molecule has 138 valence electrons. The fourth-order valence-electron chi connectivity index (χ4n) is 3.96. The molecule has 1 aromatic carbocycles. The second-order valence-electron chi connectivity index (χ2n) is 5.98. The van der Waals surface area contributed by atoms with E-state index in [0.29, 0.717) is 5.88 Å². The highest BCUT2D eigenvalue weighted by atomic mass is 35.5. The lowest BCUT2D eigenvalue weighted by Gasteiger charge is -2.53. The molecule has 0 aliphatic carbocycles. The monoisotopic (exact) mass is 369 g/mol. The van der Waals surface area contributed by atoms with Crippen molar-refractivity contribution < 1.29 is 0 Å². The van der Waals surface area contributed by atoms with Gasteiger partial charge in [0.15, 0.2) is 0 Å². The molecule has 0 bridgehead atoms. The molecule has 0 amide bonds. The van der Waals surface area contributed by atoms with Crippen LogP contribution in [0.2, 0.25) is 0 Å². The molecule has 24 heavy (non-hydrogen) atoms. The minimum atomic E-state index is -2.14. The van der Waals surface area contributed by atoms with Crippen molar-refractivity contribution in [3.63, 3.8) is 0 Å². The van der Waals surface area contributed by atoms with Gasteiger partial charge in [0, 0.05) is 5.88 Å². The number of benzene rings is 1. The van der Waals surface area contributed by atoms with Gasteiger partial charge in [-0.1, -0.05) is 65.8 Å². The zero-order chi connectivity index (χ0) is 18.2. The summed E-state index contributed by atoms with van der Waals surface area (Å²) < 4.78 is 8.17. The molecule has 0 aliphatic rings. The first-order valence-corrected chi connectivity index (χ1v) is 11.9. The van der Waals surface area contributed by atoms with Gasteiger partial charge in [-0.25, -0.2) is 0 Å². The lowest BCUT2D eigenvalue weighted by molar-refractivity contribution is 0.276. The fraction of sp³-hybridized carbons (Fsp3) is 0.684. The van der Waals surface area contributed by atoms with Crippen molar-refractivity contribution in [1.82, 2.24) is 13.7 Å². The Kier molecular flexibility index (Phi) is 9.53. The van der Waals surface area contributed by atoms with Crippen molar-refractivity contribution in [3.05, 3.63) is 29.8 Å². The van der Waals surface area contributed by atoms with Gasteiger partial charge in [0.05, 0.1) is 0 Å². The van der Waals surface area contributed by atoms with Crippen LogP contribution in [0.4, 0.5) is 0 Å². The van der Waals surface area contributed by atoms with E-state index in [0.717, 1.165) is 39.3 Å². The topological polar surface area (TPSA) is 9.72 Å². The summed E-state index contributed by atoms with van der Waals surface area (Å²) in [5, 5.41) is 1.48. The predicted molar refractivity (Wildman–Crippen MR) is 110 cm³/mol. The highest BCUT2D eigenvalue weighted by molar-refractivity contribution is 6.84. The highest BCUT2D eigenvalue weighted by Gasteiger charge is 2.50. The molecular weight excluding hydrogens is 334 g/mol. The molecule has 0 fully saturated rings. The van der Waals surface area contributed by atoms with Crippen LogP contribution < -0.4 is 5.19 Å². The Bertz CT molecular complexity index is 423. The fourth-order valence-corrected chi connectivity index (χ4v) is 9.69. The van der Waals surface area contributed by atoms with E-state index in [1.807, 2.05) is 0 Å². The van der Waals surface area contributed by atoms with Crippen LogP contribution in [-0.2, 0) is 5.88 Å². The number of nitrogens with zero attached hydrogens (tertiary/aromatic N) is 3. The molecule has 3 nitrogen and oxygen atoms in total. The lowest BCUT2D eigenvalue weighted by Crippen LogP contribution is -2.81. The van der Waals surface area contributed by atoms with Crippen LogP contribution in [0.15, 0.2) is 24.3 Å². The summed E-state index contributed by atoms with van der Waals surface area (Å²) in [6.07, 6.45) is 0. The van der Waals surface area contributed by atoms with Gasteiger partial charge < -0.3 is 0 Å². The van der Waals surface area contributed by atoms with Crippen molar-refractivity contribution in [2.75, 3.05) is 39.3 Å². The Morgan fingerprint density at radius 1 is 0.667 bits per heavy atom. The van der Waals surface area contributed by atoms with Crippen LogP contribution in [0.1, 0.15) is 47.1 Å². The van der Waals surface area contributed by atoms with E-state index in [1.165, 1.54) is 10.8 Å². The highest BCUT2D eigenvalue weighted by Crippen LogP contribution is 2.21. The number of hydrogen-bond acceptors (Lipinski definition) is 3. The Labute approximate surface area is 155 Å². The Morgan fingerprint density at radius 3 is 1.25 bits per heavy atom. The number of halogens is 1.